The Hall–Kier alpha value is -1.38. The fraction of sp³-hybridized carbons (Fsp3) is 0.500. The summed E-state index contributed by atoms with van der Waals surface area (Å²) in [6, 6.07) is 3.64. The van der Waals surface area contributed by atoms with Crippen molar-refractivity contribution in [3.63, 3.8) is 0 Å². The molecule has 1 heterocycles. The van der Waals surface area contributed by atoms with Gasteiger partial charge < -0.3 is 4.74 Å². The lowest BCUT2D eigenvalue weighted by molar-refractivity contribution is 0.0594. The number of carbonyl (C=O) groups excluding carboxylic acids is 1. The van der Waals surface area contributed by atoms with Crippen molar-refractivity contribution in [3.8, 4) is 0 Å². The van der Waals surface area contributed by atoms with E-state index in [0.29, 0.717) is 11.6 Å². The SMILES string of the molecule is COC(=O)c1ccc(CCC(C)C)cn1. The Balaban J connectivity index is 2.60. The number of aromatic nitrogens is 1. The number of ether oxygens (including phenoxy) is 1. The van der Waals surface area contributed by atoms with Gasteiger partial charge in [0.05, 0.1) is 7.11 Å². The van der Waals surface area contributed by atoms with Crippen LogP contribution in [0.3, 0.4) is 0 Å². The monoisotopic (exact) mass is 207 g/mol. The Labute approximate surface area is 90.5 Å². The molecule has 0 aromatic carbocycles. The third-order valence-corrected chi connectivity index (χ3v) is 2.23. The van der Waals surface area contributed by atoms with Gasteiger partial charge in [0, 0.05) is 6.20 Å². The van der Waals surface area contributed by atoms with Crippen LogP contribution in [0.5, 0.6) is 0 Å². The molecule has 0 bridgehead atoms. The third kappa shape index (κ3) is 3.70. The summed E-state index contributed by atoms with van der Waals surface area (Å²) in [4.78, 5) is 15.2. The Morgan fingerprint density at radius 1 is 1.47 bits per heavy atom. The minimum atomic E-state index is -0.384. The van der Waals surface area contributed by atoms with Crippen molar-refractivity contribution < 1.29 is 9.53 Å². The first-order chi connectivity index (χ1) is 7.13. The molecule has 0 atom stereocenters. The van der Waals surface area contributed by atoms with Gasteiger partial charge in [0.15, 0.2) is 0 Å². The molecule has 0 saturated heterocycles. The summed E-state index contributed by atoms with van der Waals surface area (Å²) in [5.74, 6) is 0.302. The summed E-state index contributed by atoms with van der Waals surface area (Å²) in [5, 5.41) is 0. The van der Waals surface area contributed by atoms with Gasteiger partial charge in [-0.1, -0.05) is 19.9 Å². The Morgan fingerprint density at radius 2 is 2.20 bits per heavy atom. The Kier molecular flexibility index (Phi) is 4.28. The molecule has 1 aromatic heterocycles. The number of hydrogen-bond acceptors (Lipinski definition) is 3. The van der Waals surface area contributed by atoms with Crippen molar-refractivity contribution >= 4 is 5.97 Å². The van der Waals surface area contributed by atoms with E-state index in [-0.39, 0.29) is 5.97 Å². The second-order valence-corrected chi connectivity index (χ2v) is 3.98. The van der Waals surface area contributed by atoms with Crippen LogP contribution < -0.4 is 0 Å². The quantitative estimate of drug-likeness (QED) is 0.712. The molecule has 0 aliphatic heterocycles. The van der Waals surface area contributed by atoms with E-state index in [1.165, 1.54) is 7.11 Å². The summed E-state index contributed by atoms with van der Waals surface area (Å²) in [6.07, 6.45) is 3.89. The smallest absolute Gasteiger partial charge is 0.356 e. The molecular weight excluding hydrogens is 190 g/mol. The van der Waals surface area contributed by atoms with E-state index < -0.39 is 0 Å². The van der Waals surface area contributed by atoms with Gasteiger partial charge in [-0.05, 0) is 30.4 Å². The molecule has 0 fully saturated rings. The highest BCUT2D eigenvalue weighted by Gasteiger charge is 2.06. The first-order valence-electron chi connectivity index (χ1n) is 5.16. The summed E-state index contributed by atoms with van der Waals surface area (Å²) in [5.41, 5.74) is 1.53. The van der Waals surface area contributed by atoms with E-state index in [2.05, 4.69) is 23.6 Å². The lowest BCUT2D eigenvalue weighted by Crippen LogP contribution is -2.04. The molecular formula is C12H17NO2. The summed E-state index contributed by atoms with van der Waals surface area (Å²) in [7, 11) is 1.36. The molecule has 0 radical (unpaired) electrons. The molecule has 1 rings (SSSR count). The molecule has 15 heavy (non-hydrogen) atoms. The van der Waals surface area contributed by atoms with Crippen molar-refractivity contribution in [3.05, 3.63) is 29.6 Å². The van der Waals surface area contributed by atoms with Gasteiger partial charge in [-0.2, -0.15) is 0 Å². The van der Waals surface area contributed by atoms with Crippen LogP contribution in [0.15, 0.2) is 18.3 Å². The average molecular weight is 207 g/mol. The lowest BCUT2D eigenvalue weighted by atomic mass is 10.0. The van der Waals surface area contributed by atoms with E-state index in [9.17, 15) is 4.79 Å². The highest BCUT2D eigenvalue weighted by atomic mass is 16.5. The largest absolute Gasteiger partial charge is 0.464 e. The van der Waals surface area contributed by atoms with Crippen LogP contribution in [0.1, 0.15) is 36.3 Å². The van der Waals surface area contributed by atoms with E-state index in [0.717, 1.165) is 18.4 Å². The van der Waals surface area contributed by atoms with Gasteiger partial charge in [-0.25, -0.2) is 9.78 Å². The van der Waals surface area contributed by atoms with Gasteiger partial charge >= 0.3 is 5.97 Å². The zero-order chi connectivity index (χ0) is 11.3. The summed E-state index contributed by atoms with van der Waals surface area (Å²) in [6.45, 7) is 4.38. The maximum Gasteiger partial charge on any atom is 0.356 e. The second kappa shape index (κ2) is 5.49. The number of carbonyl (C=O) groups is 1. The highest BCUT2D eigenvalue weighted by molar-refractivity contribution is 5.86. The molecule has 0 amide bonds. The van der Waals surface area contributed by atoms with Crippen LogP contribution in [0.25, 0.3) is 0 Å². The lowest BCUT2D eigenvalue weighted by Gasteiger charge is -2.04. The number of hydrogen-bond donors (Lipinski definition) is 0. The number of methoxy groups -OCH3 is 1. The number of nitrogens with zero attached hydrogens (tertiary/aromatic N) is 1. The van der Waals surface area contributed by atoms with Crippen molar-refractivity contribution in [1.82, 2.24) is 4.98 Å². The van der Waals surface area contributed by atoms with Gasteiger partial charge in [-0.3, -0.25) is 0 Å². The molecule has 0 N–H and O–H groups in total. The van der Waals surface area contributed by atoms with Crippen LogP contribution >= 0.6 is 0 Å². The molecule has 82 valence electrons. The fourth-order valence-corrected chi connectivity index (χ4v) is 1.25. The van der Waals surface area contributed by atoms with Crippen molar-refractivity contribution in [2.75, 3.05) is 7.11 Å². The van der Waals surface area contributed by atoms with Crippen LogP contribution in [0.4, 0.5) is 0 Å². The van der Waals surface area contributed by atoms with Crippen LogP contribution in [-0.2, 0) is 11.2 Å². The van der Waals surface area contributed by atoms with E-state index in [4.69, 9.17) is 0 Å². The van der Waals surface area contributed by atoms with Gasteiger partial charge in [0.1, 0.15) is 5.69 Å². The number of pyridine rings is 1. The highest BCUT2D eigenvalue weighted by Crippen LogP contribution is 2.08. The van der Waals surface area contributed by atoms with E-state index in [1.807, 2.05) is 6.07 Å². The van der Waals surface area contributed by atoms with Crippen molar-refractivity contribution in [1.29, 1.82) is 0 Å². The Bertz CT molecular complexity index is 317. The van der Waals surface area contributed by atoms with Gasteiger partial charge in [0.25, 0.3) is 0 Å². The molecule has 0 aliphatic rings. The summed E-state index contributed by atoms with van der Waals surface area (Å²) >= 11 is 0. The predicted octanol–water partition coefficient (Wildman–Crippen LogP) is 2.46. The van der Waals surface area contributed by atoms with Gasteiger partial charge in [-0.15, -0.1) is 0 Å². The fourth-order valence-electron chi connectivity index (χ4n) is 1.25. The molecule has 3 heteroatoms. The average Bonchev–Trinajstić information content (AvgIpc) is 2.26. The molecule has 0 aliphatic carbocycles. The minimum absolute atomic E-state index is 0.366. The number of aryl methyl sites for hydroxylation is 1. The first kappa shape index (κ1) is 11.7. The normalized spacial score (nSPS) is 10.4. The van der Waals surface area contributed by atoms with Crippen molar-refractivity contribution in [2.24, 2.45) is 5.92 Å². The molecule has 0 unspecified atom stereocenters. The number of esters is 1. The topological polar surface area (TPSA) is 39.2 Å². The molecule has 0 saturated carbocycles. The minimum Gasteiger partial charge on any atom is -0.464 e. The molecule has 1 aromatic rings. The van der Waals surface area contributed by atoms with E-state index >= 15 is 0 Å². The maximum absolute atomic E-state index is 11.1. The third-order valence-electron chi connectivity index (χ3n) is 2.23. The number of rotatable bonds is 4. The predicted molar refractivity (Wildman–Crippen MR) is 58.7 cm³/mol. The van der Waals surface area contributed by atoms with Crippen LogP contribution in [0.2, 0.25) is 0 Å². The molecule has 0 spiro atoms. The standard InChI is InChI=1S/C12H17NO2/c1-9(2)4-5-10-6-7-11(13-8-10)12(14)15-3/h6-9H,4-5H2,1-3H3. The summed E-state index contributed by atoms with van der Waals surface area (Å²) < 4.78 is 4.57. The Morgan fingerprint density at radius 3 is 2.67 bits per heavy atom. The zero-order valence-corrected chi connectivity index (χ0v) is 9.49. The van der Waals surface area contributed by atoms with Gasteiger partial charge in [0.2, 0.25) is 0 Å². The van der Waals surface area contributed by atoms with Crippen LogP contribution in [-0.4, -0.2) is 18.1 Å². The zero-order valence-electron chi connectivity index (χ0n) is 9.49. The maximum atomic E-state index is 11.1. The van der Waals surface area contributed by atoms with Crippen LogP contribution in [0, 0.1) is 5.92 Å². The molecule has 3 nitrogen and oxygen atoms in total. The second-order valence-electron chi connectivity index (χ2n) is 3.98. The van der Waals surface area contributed by atoms with E-state index in [1.54, 1.807) is 12.3 Å². The first-order valence-corrected chi connectivity index (χ1v) is 5.16. The van der Waals surface area contributed by atoms with Crippen molar-refractivity contribution in [2.45, 2.75) is 26.7 Å².